The van der Waals surface area contributed by atoms with E-state index < -0.39 is 58.2 Å². The molecule has 1 N–H and O–H groups in total. The number of ether oxygens (including phenoxy) is 5. The van der Waals surface area contributed by atoms with Crippen molar-refractivity contribution in [1.82, 2.24) is 14.7 Å². The highest BCUT2D eigenvalue weighted by atomic mass is 16.6. The van der Waals surface area contributed by atoms with Crippen LogP contribution in [-0.4, -0.2) is 137 Å². The molecule has 0 rings (SSSR count). The Morgan fingerprint density at radius 2 is 0.681 bits per heavy atom. The van der Waals surface area contributed by atoms with E-state index in [0.717, 1.165) is 0 Å². The monoisotopic (exact) mass is 675 g/mol. The molecule has 0 spiro atoms. The molecule has 0 fully saturated rings. The minimum Gasteiger partial charge on any atom is -0.459 e. The highest BCUT2D eigenvalue weighted by Gasteiger charge is 2.27. The van der Waals surface area contributed by atoms with Gasteiger partial charge in [-0.3, -0.25) is 33.9 Å². The Labute approximate surface area is 283 Å². The van der Waals surface area contributed by atoms with Crippen LogP contribution in [-0.2, 0) is 42.9 Å². The van der Waals surface area contributed by atoms with E-state index in [2.05, 4.69) is 0 Å². The van der Waals surface area contributed by atoms with Crippen LogP contribution in [0.4, 0.5) is 0 Å². The number of hydrogen-bond acceptors (Lipinski definition) is 13. The molecule has 0 aromatic heterocycles. The third kappa shape index (κ3) is 27.3. The van der Waals surface area contributed by atoms with Gasteiger partial charge in [-0.2, -0.15) is 0 Å². The number of rotatable bonds is 17. The largest absolute Gasteiger partial charge is 0.459 e. The molecule has 0 saturated carbocycles. The fraction of sp³-hybridized carbons (Fsp3) is 0.882. The van der Waals surface area contributed by atoms with E-state index >= 15 is 0 Å². The summed E-state index contributed by atoms with van der Waals surface area (Å²) in [6.45, 7) is 27.2. The van der Waals surface area contributed by atoms with E-state index in [0.29, 0.717) is 13.1 Å². The first kappa shape index (κ1) is 44.7. The van der Waals surface area contributed by atoms with E-state index in [1.807, 2.05) is 25.7 Å². The minimum absolute atomic E-state index is 0.0801. The van der Waals surface area contributed by atoms with Gasteiger partial charge in [0.05, 0.1) is 31.8 Å². The molecule has 0 amide bonds. The Balaban J connectivity index is 6.07. The fourth-order valence-electron chi connectivity index (χ4n) is 4.18. The second-order valence-electron chi connectivity index (χ2n) is 16.8. The summed E-state index contributed by atoms with van der Waals surface area (Å²) in [5, 5.41) is 10.8. The van der Waals surface area contributed by atoms with Gasteiger partial charge in [0.2, 0.25) is 0 Å². The third-order valence-corrected chi connectivity index (χ3v) is 5.46. The van der Waals surface area contributed by atoms with Crippen LogP contribution in [0.1, 0.15) is 104 Å². The number of esters is 4. The van der Waals surface area contributed by atoms with Crippen LogP contribution in [0, 0.1) is 0 Å². The average molecular weight is 676 g/mol. The topological polar surface area (TPSA) is 144 Å². The smallest absolute Gasteiger partial charge is 0.320 e. The molecule has 0 aliphatic heterocycles. The Kier molecular flexibility index (Phi) is 17.5. The van der Waals surface area contributed by atoms with E-state index in [9.17, 15) is 24.3 Å². The molecule has 0 aromatic carbocycles. The molecule has 0 aliphatic carbocycles. The molecule has 0 radical (unpaired) electrons. The van der Waals surface area contributed by atoms with Gasteiger partial charge in [-0.15, -0.1) is 0 Å². The summed E-state index contributed by atoms with van der Waals surface area (Å²) in [7, 11) is 0. The van der Waals surface area contributed by atoms with Crippen molar-refractivity contribution in [2.75, 3.05) is 58.9 Å². The van der Waals surface area contributed by atoms with E-state index in [1.54, 1.807) is 92.9 Å². The fourth-order valence-corrected chi connectivity index (χ4v) is 4.18. The Hall–Kier alpha value is -2.32. The summed E-state index contributed by atoms with van der Waals surface area (Å²) in [4.78, 5) is 56.1. The molecule has 276 valence electrons. The number of hydrogen-bond donors (Lipinski definition) is 1. The molecular formula is C34H65N3O10. The molecule has 0 saturated heterocycles. The summed E-state index contributed by atoms with van der Waals surface area (Å²) in [5.41, 5.74) is -3.45. The van der Waals surface area contributed by atoms with E-state index in [1.165, 1.54) is 0 Å². The molecule has 47 heavy (non-hydrogen) atoms. The molecule has 0 aromatic rings. The van der Waals surface area contributed by atoms with Gasteiger partial charge in [0, 0.05) is 32.7 Å². The van der Waals surface area contributed by atoms with E-state index in [4.69, 9.17) is 23.7 Å². The second-order valence-corrected chi connectivity index (χ2v) is 16.8. The van der Waals surface area contributed by atoms with Crippen LogP contribution in [0.15, 0.2) is 0 Å². The van der Waals surface area contributed by atoms with Gasteiger partial charge < -0.3 is 28.8 Å². The lowest BCUT2D eigenvalue weighted by atomic mass is 10.2. The maximum atomic E-state index is 12.7. The van der Waals surface area contributed by atoms with Gasteiger partial charge in [-0.05, 0) is 104 Å². The molecule has 1 atom stereocenters. The van der Waals surface area contributed by atoms with Crippen LogP contribution in [0.25, 0.3) is 0 Å². The summed E-state index contributed by atoms with van der Waals surface area (Å²) in [6, 6.07) is 0. The standard InChI is InChI=1S/C34H65N3O10/c1-30(2,3)43-25(38)20-35(16-18-36(21-26(39)44-31(4,5)6)22-27(40)45-32(7,8)9)17-19-37(23-28(41)46-33(10,11)12)24-29(42)47-34(13,14)15/h25,38H,16-24H2,1-15H3. The van der Waals surface area contributed by atoms with Crippen molar-refractivity contribution in [3.8, 4) is 0 Å². The SMILES string of the molecule is CC(C)(C)OC(=O)CN(CCN(CCN(CC(=O)OC(C)(C)C)CC(=O)OC(C)(C)C)CC(O)OC(C)(C)C)CC(=O)OC(C)(C)C. The number of aliphatic hydroxyl groups excluding tert-OH is 1. The molecule has 0 aliphatic rings. The number of nitrogens with zero attached hydrogens (tertiary/aromatic N) is 3. The van der Waals surface area contributed by atoms with Crippen molar-refractivity contribution in [3.05, 3.63) is 0 Å². The van der Waals surface area contributed by atoms with Crippen molar-refractivity contribution in [2.24, 2.45) is 0 Å². The zero-order valence-electron chi connectivity index (χ0n) is 31.9. The summed E-state index contributed by atoms with van der Waals surface area (Å²) < 4.78 is 27.7. The van der Waals surface area contributed by atoms with Crippen molar-refractivity contribution >= 4 is 23.9 Å². The van der Waals surface area contributed by atoms with Crippen molar-refractivity contribution in [2.45, 2.75) is 138 Å². The van der Waals surface area contributed by atoms with Crippen LogP contribution in [0.5, 0.6) is 0 Å². The van der Waals surface area contributed by atoms with Gasteiger partial charge in [0.25, 0.3) is 0 Å². The van der Waals surface area contributed by atoms with Crippen molar-refractivity contribution in [1.29, 1.82) is 0 Å². The maximum Gasteiger partial charge on any atom is 0.320 e. The number of carbonyl (C=O) groups excluding carboxylic acids is 4. The lowest BCUT2D eigenvalue weighted by Crippen LogP contribution is -2.48. The van der Waals surface area contributed by atoms with Crippen LogP contribution in [0.2, 0.25) is 0 Å². The summed E-state index contributed by atoms with van der Waals surface area (Å²) >= 11 is 0. The van der Waals surface area contributed by atoms with Gasteiger partial charge >= 0.3 is 23.9 Å². The summed E-state index contributed by atoms with van der Waals surface area (Å²) in [5.74, 6) is -1.98. The lowest BCUT2D eigenvalue weighted by molar-refractivity contribution is -0.175. The average Bonchev–Trinajstić information content (AvgIpc) is 2.73. The van der Waals surface area contributed by atoms with Gasteiger partial charge in [0.15, 0.2) is 6.29 Å². The predicted octanol–water partition coefficient (Wildman–Crippen LogP) is 3.39. The Morgan fingerprint density at radius 1 is 0.447 bits per heavy atom. The van der Waals surface area contributed by atoms with Gasteiger partial charge in [-0.1, -0.05) is 0 Å². The normalized spacial score (nSPS) is 13.9. The first-order valence-electron chi connectivity index (χ1n) is 16.3. The first-order chi connectivity index (χ1) is 20.9. The molecule has 0 bridgehead atoms. The van der Waals surface area contributed by atoms with Gasteiger partial charge in [-0.25, -0.2) is 0 Å². The van der Waals surface area contributed by atoms with E-state index in [-0.39, 0.29) is 45.8 Å². The van der Waals surface area contributed by atoms with Crippen molar-refractivity contribution < 1.29 is 48.0 Å². The van der Waals surface area contributed by atoms with Crippen molar-refractivity contribution in [3.63, 3.8) is 0 Å². The zero-order chi connectivity index (χ0) is 37.0. The Morgan fingerprint density at radius 3 is 0.894 bits per heavy atom. The van der Waals surface area contributed by atoms with Crippen LogP contribution < -0.4 is 0 Å². The number of aliphatic hydroxyl groups is 1. The quantitative estimate of drug-likeness (QED) is 0.137. The highest BCUT2D eigenvalue weighted by molar-refractivity contribution is 5.76. The lowest BCUT2D eigenvalue weighted by Gasteiger charge is -2.33. The molecule has 13 heteroatoms. The van der Waals surface area contributed by atoms with Crippen LogP contribution >= 0.6 is 0 Å². The second kappa shape index (κ2) is 18.4. The first-order valence-corrected chi connectivity index (χ1v) is 16.3. The molecule has 1 unspecified atom stereocenters. The molecular weight excluding hydrogens is 610 g/mol. The maximum absolute atomic E-state index is 12.7. The van der Waals surface area contributed by atoms with Crippen LogP contribution in [0.3, 0.4) is 0 Å². The Bertz CT molecular complexity index is 870. The summed E-state index contributed by atoms with van der Waals surface area (Å²) in [6.07, 6.45) is -1.16. The molecule has 13 nitrogen and oxygen atoms in total. The zero-order valence-corrected chi connectivity index (χ0v) is 31.9. The third-order valence-electron chi connectivity index (χ3n) is 5.46. The predicted molar refractivity (Wildman–Crippen MR) is 180 cm³/mol. The molecule has 0 heterocycles. The minimum atomic E-state index is -1.16. The van der Waals surface area contributed by atoms with Gasteiger partial charge in [0.1, 0.15) is 22.4 Å². The highest BCUT2D eigenvalue weighted by Crippen LogP contribution is 2.14. The number of carbonyl (C=O) groups is 4.